The molecule has 7 heteroatoms. The summed E-state index contributed by atoms with van der Waals surface area (Å²) < 4.78 is 2.15. The minimum atomic E-state index is -0.00696. The van der Waals surface area contributed by atoms with Gasteiger partial charge in [-0.1, -0.05) is 0 Å². The molecule has 0 atom stereocenters. The SMILES string of the molecule is Cc1nn(C(C)(C)C)c(C)c1CN1CCc2nc(-c3cncnc3)ncc2C1. The molecule has 4 rings (SSSR count). The normalized spacial score (nSPS) is 14.9. The maximum Gasteiger partial charge on any atom is 0.162 e. The van der Waals surface area contributed by atoms with Crippen molar-refractivity contribution >= 4 is 0 Å². The molecule has 0 bridgehead atoms. The minimum absolute atomic E-state index is 0.00696. The van der Waals surface area contributed by atoms with E-state index in [4.69, 9.17) is 10.1 Å². The summed E-state index contributed by atoms with van der Waals surface area (Å²) in [6, 6.07) is 0. The second-order valence-corrected chi connectivity index (χ2v) is 8.49. The van der Waals surface area contributed by atoms with Gasteiger partial charge in [-0.05, 0) is 34.6 Å². The lowest BCUT2D eigenvalue weighted by molar-refractivity contribution is 0.241. The molecule has 0 saturated carbocycles. The lowest BCUT2D eigenvalue weighted by atomic mass is 10.0. The highest BCUT2D eigenvalue weighted by molar-refractivity contribution is 5.52. The van der Waals surface area contributed by atoms with Gasteiger partial charge in [0.25, 0.3) is 0 Å². The number of nitrogens with zero attached hydrogens (tertiary/aromatic N) is 7. The Morgan fingerprint density at radius 2 is 1.82 bits per heavy atom. The van der Waals surface area contributed by atoms with E-state index in [9.17, 15) is 0 Å². The summed E-state index contributed by atoms with van der Waals surface area (Å²) in [5.41, 5.74) is 6.88. The molecule has 7 nitrogen and oxygen atoms in total. The van der Waals surface area contributed by atoms with E-state index in [-0.39, 0.29) is 5.54 Å². The Morgan fingerprint density at radius 3 is 2.50 bits per heavy atom. The first-order valence-corrected chi connectivity index (χ1v) is 9.71. The van der Waals surface area contributed by atoms with Gasteiger partial charge in [0.05, 0.1) is 22.5 Å². The number of hydrogen-bond acceptors (Lipinski definition) is 6. The second kappa shape index (κ2) is 7.05. The van der Waals surface area contributed by atoms with Crippen molar-refractivity contribution in [1.29, 1.82) is 0 Å². The zero-order valence-electron chi connectivity index (χ0n) is 17.3. The number of fused-ring (bicyclic) bond motifs is 1. The summed E-state index contributed by atoms with van der Waals surface area (Å²) >= 11 is 0. The molecule has 28 heavy (non-hydrogen) atoms. The second-order valence-electron chi connectivity index (χ2n) is 8.49. The van der Waals surface area contributed by atoms with E-state index in [1.54, 1.807) is 12.4 Å². The van der Waals surface area contributed by atoms with Crippen LogP contribution in [0.5, 0.6) is 0 Å². The molecule has 0 saturated heterocycles. The number of aryl methyl sites for hydroxylation is 1. The highest BCUT2D eigenvalue weighted by Crippen LogP contribution is 2.25. The van der Waals surface area contributed by atoms with Crippen LogP contribution in [-0.2, 0) is 25.0 Å². The van der Waals surface area contributed by atoms with Gasteiger partial charge in [-0.25, -0.2) is 19.9 Å². The van der Waals surface area contributed by atoms with Gasteiger partial charge in [-0.2, -0.15) is 5.10 Å². The van der Waals surface area contributed by atoms with Crippen molar-refractivity contribution in [3.63, 3.8) is 0 Å². The van der Waals surface area contributed by atoms with Crippen LogP contribution in [0.1, 0.15) is 49.0 Å². The van der Waals surface area contributed by atoms with Crippen molar-refractivity contribution < 1.29 is 0 Å². The molecule has 146 valence electrons. The fraction of sp³-hybridized carbons (Fsp3) is 0.476. The van der Waals surface area contributed by atoms with Crippen LogP contribution in [0, 0.1) is 13.8 Å². The Morgan fingerprint density at radius 1 is 1.07 bits per heavy atom. The van der Waals surface area contributed by atoms with Crippen LogP contribution < -0.4 is 0 Å². The fourth-order valence-corrected chi connectivity index (χ4v) is 3.84. The third kappa shape index (κ3) is 3.54. The van der Waals surface area contributed by atoms with Crippen molar-refractivity contribution in [2.45, 2.75) is 59.7 Å². The zero-order chi connectivity index (χ0) is 19.9. The molecule has 1 aliphatic heterocycles. The van der Waals surface area contributed by atoms with E-state index in [0.29, 0.717) is 5.82 Å². The molecular weight excluding hydrogens is 350 g/mol. The van der Waals surface area contributed by atoms with Crippen LogP contribution >= 0.6 is 0 Å². The van der Waals surface area contributed by atoms with Crippen molar-refractivity contribution in [2.75, 3.05) is 6.54 Å². The Balaban J connectivity index is 1.53. The van der Waals surface area contributed by atoms with Crippen LogP contribution in [0.3, 0.4) is 0 Å². The van der Waals surface area contributed by atoms with Crippen molar-refractivity contribution in [1.82, 2.24) is 34.6 Å². The Bertz CT molecular complexity index is 986. The molecule has 4 heterocycles. The Hall–Kier alpha value is -2.67. The lowest BCUT2D eigenvalue weighted by Crippen LogP contribution is -2.31. The summed E-state index contributed by atoms with van der Waals surface area (Å²) in [6.45, 7) is 13.6. The van der Waals surface area contributed by atoms with Gasteiger partial charge >= 0.3 is 0 Å². The Labute approximate surface area is 165 Å². The van der Waals surface area contributed by atoms with Gasteiger partial charge in [-0.3, -0.25) is 9.58 Å². The third-order valence-corrected chi connectivity index (χ3v) is 5.29. The van der Waals surface area contributed by atoms with Crippen molar-refractivity contribution in [3.8, 4) is 11.4 Å². The topological polar surface area (TPSA) is 72.6 Å². The standard InChI is InChI=1S/C21H27N7/c1-14-18(15(2)28(26-14)21(3,4)5)12-27-7-6-19-17(11-27)10-24-20(25-19)16-8-22-13-23-9-16/h8-10,13H,6-7,11-12H2,1-5H3. The molecule has 1 aliphatic rings. The monoisotopic (exact) mass is 377 g/mol. The molecule has 0 amide bonds. The third-order valence-electron chi connectivity index (χ3n) is 5.29. The van der Waals surface area contributed by atoms with Gasteiger partial charge in [-0.15, -0.1) is 0 Å². The zero-order valence-corrected chi connectivity index (χ0v) is 17.3. The highest BCUT2D eigenvalue weighted by atomic mass is 15.3. The molecule has 0 N–H and O–H groups in total. The molecule has 0 fully saturated rings. The molecule has 0 radical (unpaired) electrons. The highest BCUT2D eigenvalue weighted by Gasteiger charge is 2.24. The van der Waals surface area contributed by atoms with E-state index in [1.165, 1.54) is 23.1 Å². The van der Waals surface area contributed by atoms with Crippen LogP contribution in [0.15, 0.2) is 24.9 Å². The van der Waals surface area contributed by atoms with E-state index < -0.39 is 0 Å². The summed E-state index contributed by atoms with van der Waals surface area (Å²) in [4.78, 5) is 19.9. The average Bonchev–Trinajstić information content (AvgIpc) is 2.97. The molecule has 3 aromatic rings. The maximum atomic E-state index is 4.79. The van der Waals surface area contributed by atoms with E-state index >= 15 is 0 Å². The molecule has 0 spiro atoms. The molecular formula is C21H27N7. The largest absolute Gasteiger partial charge is 0.294 e. The minimum Gasteiger partial charge on any atom is -0.294 e. The predicted molar refractivity (Wildman–Crippen MR) is 108 cm³/mol. The number of aromatic nitrogens is 6. The lowest BCUT2D eigenvalue weighted by Gasteiger charge is -2.28. The van der Waals surface area contributed by atoms with Gasteiger partial charge in [0, 0.05) is 61.5 Å². The molecule has 0 aliphatic carbocycles. The number of hydrogen-bond donors (Lipinski definition) is 0. The van der Waals surface area contributed by atoms with Crippen molar-refractivity contribution in [2.24, 2.45) is 0 Å². The summed E-state index contributed by atoms with van der Waals surface area (Å²) in [7, 11) is 0. The Kier molecular flexibility index (Phi) is 4.71. The fourth-order valence-electron chi connectivity index (χ4n) is 3.84. The van der Waals surface area contributed by atoms with Gasteiger partial charge in [0.2, 0.25) is 0 Å². The molecule has 3 aromatic heterocycles. The predicted octanol–water partition coefficient (Wildman–Crippen LogP) is 3.06. The van der Waals surface area contributed by atoms with Crippen molar-refractivity contribution in [3.05, 3.63) is 53.1 Å². The van der Waals surface area contributed by atoms with E-state index in [2.05, 4.69) is 59.2 Å². The van der Waals surface area contributed by atoms with Gasteiger partial charge < -0.3 is 0 Å². The van der Waals surface area contributed by atoms with Crippen LogP contribution in [-0.4, -0.2) is 41.2 Å². The summed E-state index contributed by atoms with van der Waals surface area (Å²) in [5.74, 6) is 0.700. The quantitative estimate of drug-likeness (QED) is 0.698. The first-order valence-electron chi connectivity index (χ1n) is 9.71. The smallest absolute Gasteiger partial charge is 0.162 e. The maximum absolute atomic E-state index is 4.79. The first kappa shape index (κ1) is 18.7. The van der Waals surface area contributed by atoms with Crippen LogP contribution in [0.4, 0.5) is 0 Å². The van der Waals surface area contributed by atoms with E-state index in [0.717, 1.165) is 43.0 Å². The van der Waals surface area contributed by atoms with Gasteiger partial charge in [0.15, 0.2) is 5.82 Å². The van der Waals surface area contributed by atoms with Gasteiger partial charge in [0.1, 0.15) is 6.33 Å². The first-order chi connectivity index (χ1) is 13.3. The average molecular weight is 377 g/mol. The number of rotatable bonds is 3. The van der Waals surface area contributed by atoms with E-state index in [1.807, 2.05) is 6.20 Å². The summed E-state index contributed by atoms with van der Waals surface area (Å²) in [6.07, 6.45) is 7.90. The molecule has 0 unspecified atom stereocenters. The van der Waals surface area contributed by atoms with Crippen LogP contribution in [0.2, 0.25) is 0 Å². The van der Waals surface area contributed by atoms with Crippen LogP contribution in [0.25, 0.3) is 11.4 Å². The molecule has 0 aromatic carbocycles. The summed E-state index contributed by atoms with van der Waals surface area (Å²) in [5, 5.41) is 4.79.